The second kappa shape index (κ2) is 12.7. The number of nitrogens with zero attached hydrogens (tertiary/aromatic N) is 5. The van der Waals surface area contributed by atoms with Gasteiger partial charge in [0.2, 0.25) is 11.3 Å². The molecule has 10 nitrogen and oxygen atoms in total. The van der Waals surface area contributed by atoms with E-state index in [1.165, 1.54) is 24.5 Å². The first-order valence-electron chi connectivity index (χ1n) is 14.6. The lowest BCUT2D eigenvalue weighted by Gasteiger charge is -2.54. The summed E-state index contributed by atoms with van der Waals surface area (Å²) >= 11 is -1.94. The predicted octanol–water partition coefficient (Wildman–Crippen LogP) is 4.08. The highest BCUT2D eigenvalue weighted by atomic mass is 32.2. The van der Waals surface area contributed by atoms with E-state index in [2.05, 4.69) is 24.5 Å². The summed E-state index contributed by atoms with van der Waals surface area (Å²) in [4.78, 5) is 28.4. The molecule has 1 aromatic heterocycles. The number of carbonyl (C=O) groups excluding carboxylic acids is 1. The third kappa shape index (κ3) is 6.87. The van der Waals surface area contributed by atoms with E-state index < -0.39 is 17.1 Å². The molecule has 1 amide bonds. The Kier molecular flexibility index (Phi) is 9.22. The van der Waals surface area contributed by atoms with E-state index in [0.29, 0.717) is 29.4 Å². The number of nitrogens with one attached hydrogen (secondary N) is 1. The second-order valence-electron chi connectivity index (χ2n) is 12.0. The Hall–Kier alpha value is -2.67. The maximum absolute atomic E-state index is 14.2. The fourth-order valence-corrected chi connectivity index (χ4v) is 7.29. The number of hydrogen-bond acceptors (Lipinski definition) is 7. The van der Waals surface area contributed by atoms with Gasteiger partial charge in [0.1, 0.15) is 17.9 Å². The van der Waals surface area contributed by atoms with Crippen LogP contribution >= 0.6 is 0 Å². The smallest absolute Gasteiger partial charge is 0.257 e. The Morgan fingerprint density at radius 3 is 2.71 bits per heavy atom. The van der Waals surface area contributed by atoms with Crippen molar-refractivity contribution in [3.05, 3.63) is 42.1 Å². The van der Waals surface area contributed by atoms with E-state index in [1.807, 2.05) is 20.8 Å². The molecule has 2 atom stereocenters. The summed E-state index contributed by atoms with van der Waals surface area (Å²) in [7, 11) is 0. The van der Waals surface area contributed by atoms with E-state index in [-0.39, 0.29) is 29.3 Å². The molecular formula is C29H41FN6O4S. The van der Waals surface area contributed by atoms with E-state index in [1.54, 1.807) is 11.1 Å². The number of amides is 1. The molecule has 12 heteroatoms. The van der Waals surface area contributed by atoms with Crippen LogP contribution in [0.25, 0.3) is 0 Å². The number of anilines is 1. The van der Waals surface area contributed by atoms with Crippen molar-refractivity contribution in [2.24, 2.45) is 11.3 Å². The molecule has 2 N–H and O–H groups in total. The zero-order valence-corrected chi connectivity index (χ0v) is 24.9. The van der Waals surface area contributed by atoms with Gasteiger partial charge in [-0.1, -0.05) is 0 Å². The van der Waals surface area contributed by atoms with Gasteiger partial charge in [0.05, 0.1) is 11.8 Å². The maximum atomic E-state index is 14.2. The first-order valence-corrected chi connectivity index (χ1v) is 15.7. The van der Waals surface area contributed by atoms with Crippen LogP contribution in [0.15, 0.2) is 30.7 Å². The molecule has 3 fully saturated rings. The van der Waals surface area contributed by atoms with Crippen LogP contribution in [0.2, 0.25) is 0 Å². The van der Waals surface area contributed by atoms with Crippen molar-refractivity contribution in [1.82, 2.24) is 24.5 Å². The molecular weight excluding hydrogens is 547 g/mol. The molecule has 1 aromatic carbocycles. The number of rotatable bonds is 10. The molecule has 0 bridgehead atoms. The van der Waals surface area contributed by atoms with Gasteiger partial charge in [-0.2, -0.15) is 0 Å². The Morgan fingerprint density at radius 1 is 1.27 bits per heavy atom. The third-order valence-corrected chi connectivity index (χ3v) is 9.34. The van der Waals surface area contributed by atoms with Crippen LogP contribution in [-0.2, 0) is 11.3 Å². The van der Waals surface area contributed by atoms with Gasteiger partial charge in [-0.3, -0.25) is 9.35 Å². The Labute approximate surface area is 244 Å². The average molecular weight is 589 g/mol. The molecule has 3 heterocycles. The largest absolute Gasteiger partial charge is 0.451 e. The summed E-state index contributed by atoms with van der Waals surface area (Å²) < 4.78 is 43.3. The quantitative estimate of drug-likeness (QED) is 0.400. The molecule has 2 saturated heterocycles. The number of halogens is 1. The zero-order chi connectivity index (χ0) is 29.1. The molecule has 1 saturated carbocycles. The second-order valence-corrected chi connectivity index (χ2v) is 12.8. The highest BCUT2D eigenvalue weighted by molar-refractivity contribution is 7.77. The van der Waals surface area contributed by atoms with Crippen LogP contribution < -0.4 is 14.4 Å². The van der Waals surface area contributed by atoms with Crippen molar-refractivity contribution < 1.29 is 22.7 Å². The maximum Gasteiger partial charge on any atom is 0.257 e. The summed E-state index contributed by atoms with van der Waals surface area (Å²) in [6.45, 7) is 11.2. The van der Waals surface area contributed by atoms with Crippen molar-refractivity contribution in [2.75, 3.05) is 44.2 Å². The minimum Gasteiger partial charge on any atom is -0.451 e. The van der Waals surface area contributed by atoms with Gasteiger partial charge < -0.3 is 19.4 Å². The molecule has 1 aliphatic carbocycles. The molecule has 1 spiro atoms. The van der Waals surface area contributed by atoms with Gasteiger partial charge in [-0.15, -0.1) is 0 Å². The van der Waals surface area contributed by atoms with Crippen LogP contribution in [0.3, 0.4) is 0 Å². The number of hydrogen-bond donors (Lipinski definition) is 2. The highest BCUT2D eigenvalue weighted by Crippen LogP contribution is 2.44. The fraction of sp³-hybridized carbons (Fsp3) is 0.621. The minimum atomic E-state index is -1.94. The van der Waals surface area contributed by atoms with E-state index in [9.17, 15) is 13.4 Å². The van der Waals surface area contributed by atoms with Crippen LogP contribution in [0.4, 0.5) is 10.2 Å². The lowest BCUT2D eigenvalue weighted by molar-refractivity contribution is -0.0386. The van der Waals surface area contributed by atoms with Crippen molar-refractivity contribution in [3.8, 4) is 11.5 Å². The third-order valence-electron chi connectivity index (χ3n) is 8.81. The van der Waals surface area contributed by atoms with E-state index >= 15 is 0 Å². The summed E-state index contributed by atoms with van der Waals surface area (Å²) in [5, 5.41) is 0. The van der Waals surface area contributed by atoms with Crippen molar-refractivity contribution in [1.29, 1.82) is 0 Å². The molecule has 2 aromatic rings. The molecule has 41 heavy (non-hydrogen) atoms. The lowest BCUT2D eigenvalue weighted by atomic mass is 9.67. The first kappa shape index (κ1) is 29.8. The number of ether oxygens (including phenoxy) is 1. The fourth-order valence-electron chi connectivity index (χ4n) is 6.77. The standard InChI is InChI=1S/C29H41FN6O4S/c1-4-36(20(2)3)28(37)24-13-22(30)5-6-25(24)40-26-14-31-19-32-27(26)35-12-9-21(16-35)15-34-17-29(18-34)10-7-23(8-11-29)33-41(38)39/h5-6,13-14,19-21,23,33H,4,7-12,15-18H2,1-3H3,(H,38,39)/t21-/m1/s1. The minimum absolute atomic E-state index is 0.0350. The molecule has 5 rings (SSSR count). The summed E-state index contributed by atoms with van der Waals surface area (Å²) in [5.41, 5.74) is 0.532. The van der Waals surface area contributed by atoms with Gasteiger partial charge in [-0.25, -0.2) is 23.3 Å². The van der Waals surface area contributed by atoms with Crippen molar-refractivity contribution in [2.45, 2.75) is 65.0 Å². The average Bonchev–Trinajstić information content (AvgIpc) is 3.38. The number of carbonyl (C=O) groups is 1. The molecule has 2 aliphatic heterocycles. The lowest BCUT2D eigenvalue weighted by Crippen LogP contribution is -2.59. The monoisotopic (exact) mass is 588 g/mol. The van der Waals surface area contributed by atoms with Gasteiger partial charge in [0.25, 0.3) is 5.91 Å². The molecule has 0 radical (unpaired) electrons. The highest BCUT2D eigenvalue weighted by Gasteiger charge is 2.45. The predicted molar refractivity (Wildman–Crippen MR) is 156 cm³/mol. The normalized spacial score (nSPS) is 21.7. The Balaban J connectivity index is 1.20. The Morgan fingerprint density at radius 2 is 2.02 bits per heavy atom. The van der Waals surface area contributed by atoms with Crippen LogP contribution in [0.1, 0.15) is 63.2 Å². The van der Waals surface area contributed by atoms with Gasteiger partial charge >= 0.3 is 0 Å². The zero-order valence-electron chi connectivity index (χ0n) is 24.1. The van der Waals surface area contributed by atoms with Crippen molar-refractivity contribution in [3.63, 3.8) is 0 Å². The first-order chi connectivity index (χ1) is 19.7. The summed E-state index contributed by atoms with van der Waals surface area (Å²) in [6, 6.07) is 4.12. The topological polar surface area (TPSA) is 111 Å². The van der Waals surface area contributed by atoms with Crippen LogP contribution in [0, 0.1) is 17.2 Å². The van der Waals surface area contributed by atoms with Gasteiger partial charge in [0, 0.05) is 51.4 Å². The summed E-state index contributed by atoms with van der Waals surface area (Å²) in [5.74, 6) is 1.12. The van der Waals surface area contributed by atoms with E-state index in [0.717, 1.165) is 64.8 Å². The van der Waals surface area contributed by atoms with E-state index in [4.69, 9.17) is 9.29 Å². The van der Waals surface area contributed by atoms with Crippen LogP contribution in [-0.4, -0.2) is 85.8 Å². The van der Waals surface area contributed by atoms with Gasteiger partial charge in [0.15, 0.2) is 11.6 Å². The Bertz CT molecular complexity index is 1250. The number of benzene rings is 1. The molecule has 224 valence electrons. The van der Waals surface area contributed by atoms with Gasteiger partial charge in [-0.05, 0) is 82.4 Å². The molecule has 3 aliphatic rings. The molecule has 1 unspecified atom stereocenters. The SMILES string of the molecule is CCN(C(=O)c1cc(F)ccc1Oc1cncnc1N1CC[C@H](CN2CC3(CCC(NS(=O)O)CC3)C2)C1)C(C)C. The number of likely N-dealkylation sites (tertiary alicyclic amines) is 1. The van der Waals surface area contributed by atoms with Crippen molar-refractivity contribution >= 4 is 23.0 Å². The van der Waals surface area contributed by atoms with Crippen LogP contribution in [0.5, 0.6) is 11.5 Å². The number of aromatic nitrogens is 2. The summed E-state index contributed by atoms with van der Waals surface area (Å²) in [6.07, 6.45) is 8.23.